The van der Waals surface area contributed by atoms with Gasteiger partial charge in [0.1, 0.15) is 6.04 Å². The third kappa shape index (κ3) is 8.29. The predicted octanol–water partition coefficient (Wildman–Crippen LogP) is 4.15. The van der Waals surface area contributed by atoms with Crippen molar-refractivity contribution >= 4 is 27.5 Å². The van der Waals surface area contributed by atoms with Crippen molar-refractivity contribution in [1.82, 2.24) is 10.2 Å². The van der Waals surface area contributed by atoms with Gasteiger partial charge in [-0.1, -0.05) is 43.7 Å². The Kier molecular flexibility index (Phi) is 10.8. The zero-order valence-electron chi connectivity index (χ0n) is 21.3. The number of nitrogens with one attached hydrogen (secondary N) is 1. The van der Waals surface area contributed by atoms with Gasteiger partial charge in [-0.15, -0.1) is 0 Å². The van der Waals surface area contributed by atoms with Crippen molar-refractivity contribution in [1.29, 1.82) is 0 Å². The number of rotatable bonds is 13. The minimum atomic E-state index is -3.81. The first kappa shape index (κ1) is 29.2. The summed E-state index contributed by atoms with van der Waals surface area (Å²) in [5, 5.41) is 2.85. The summed E-state index contributed by atoms with van der Waals surface area (Å²) in [6.07, 6.45) is 2.24. The lowest BCUT2D eigenvalue weighted by Crippen LogP contribution is -2.49. The van der Waals surface area contributed by atoms with E-state index in [0.717, 1.165) is 40.2 Å². The van der Waals surface area contributed by atoms with Crippen LogP contribution in [0, 0.1) is 18.6 Å². The van der Waals surface area contributed by atoms with E-state index in [0.29, 0.717) is 13.0 Å². The second-order valence-electron chi connectivity index (χ2n) is 8.76. The molecule has 0 aromatic heterocycles. The molecule has 1 atom stereocenters. The van der Waals surface area contributed by atoms with E-state index in [1.165, 1.54) is 11.0 Å². The van der Waals surface area contributed by atoms with Crippen LogP contribution in [-0.4, -0.2) is 50.5 Å². The Hall–Kier alpha value is -3.01. The first-order chi connectivity index (χ1) is 17.0. The fraction of sp³-hybridized carbons (Fsp3) is 0.462. The molecule has 0 radical (unpaired) electrons. The van der Waals surface area contributed by atoms with E-state index in [-0.39, 0.29) is 43.4 Å². The van der Waals surface area contributed by atoms with Gasteiger partial charge in [0.05, 0.1) is 11.9 Å². The largest absolute Gasteiger partial charge is 0.354 e. The number of hydrogen-bond donors (Lipinski definition) is 1. The number of nitrogens with zero attached hydrogens (tertiary/aromatic N) is 2. The Bertz CT molecular complexity index is 1160. The maximum absolute atomic E-state index is 13.7. The van der Waals surface area contributed by atoms with Gasteiger partial charge in [0.25, 0.3) is 0 Å². The van der Waals surface area contributed by atoms with Gasteiger partial charge in [-0.25, -0.2) is 17.2 Å². The second kappa shape index (κ2) is 13.3. The van der Waals surface area contributed by atoms with Gasteiger partial charge < -0.3 is 10.2 Å². The molecule has 2 aromatic carbocycles. The Balaban J connectivity index is 2.22. The quantitative estimate of drug-likeness (QED) is 0.427. The first-order valence-corrected chi connectivity index (χ1v) is 13.9. The molecule has 7 nitrogen and oxygen atoms in total. The van der Waals surface area contributed by atoms with Crippen LogP contribution >= 0.6 is 0 Å². The van der Waals surface area contributed by atoms with Gasteiger partial charge >= 0.3 is 0 Å². The number of halogens is 2. The molecule has 0 heterocycles. The summed E-state index contributed by atoms with van der Waals surface area (Å²) < 4.78 is 52.6. The highest BCUT2D eigenvalue weighted by Crippen LogP contribution is 2.22. The average Bonchev–Trinajstić information content (AvgIpc) is 2.81. The van der Waals surface area contributed by atoms with Gasteiger partial charge in [-0.3, -0.25) is 13.9 Å². The summed E-state index contributed by atoms with van der Waals surface area (Å²) in [6, 6.07) is 9.84. The molecular weight excluding hydrogens is 488 g/mol. The maximum Gasteiger partial charge on any atom is 0.242 e. The molecule has 0 aliphatic carbocycles. The highest BCUT2D eigenvalue weighted by molar-refractivity contribution is 7.92. The Morgan fingerprint density at radius 2 is 1.78 bits per heavy atom. The van der Waals surface area contributed by atoms with Crippen LogP contribution in [0.3, 0.4) is 0 Å². The van der Waals surface area contributed by atoms with E-state index in [1.54, 1.807) is 0 Å². The number of hydrogen-bond acceptors (Lipinski definition) is 4. The smallest absolute Gasteiger partial charge is 0.242 e. The number of carbonyl (C=O) groups excluding carboxylic acids is 2. The summed E-state index contributed by atoms with van der Waals surface area (Å²) in [6.45, 7) is 6.35. The molecule has 0 fully saturated rings. The molecular formula is C26H35F2N3O4S. The van der Waals surface area contributed by atoms with Gasteiger partial charge in [-0.2, -0.15) is 0 Å². The fourth-order valence-electron chi connectivity index (χ4n) is 3.94. The number of aryl methyl sites for hydroxylation is 1. The van der Waals surface area contributed by atoms with Gasteiger partial charge in [0.2, 0.25) is 21.8 Å². The molecule has 0 spiro atoms. The van der Waals surface area contributed by atoms with E-state index in [4.69, 9.17) is 0 Å². The van der Waals surface area contributed by atoms with Gasteiger partial charge in [0.15, 0.2) is 11.6 Å². The van der Waals surface area contributed by atoms with E-state index in [1.807, 2.05) is 45.0 Å². The topological polar surface area (TPSA) is 86.8 Å². The molecule has 0 saturated carbocycles. The Morgan fingerprint density at radius 1 is 1.06 bits per heavy atom. The number of amides is 2. The summed E-state index contributed by atoms with van der Waals surface area (Å²) in [4.78, 5) is 27.7. The average molecular weight is 524 g/mol. The highest BCUT2D eigenvalue weighted by atomic mass is 32.2. The molecule has 0 aliphatic heterocycles. The zero-order valence-corrected chi connectivity index (χ0v) is 22.1. The predicted molar refractivity (Wildman–Crippen MR) is 137 cm³/mol. The maximum atomic E-state index is 13.7. The van der Waals surface area contributed by atoms with Crippen molar-refractivity contribution in [3.8, 4) is 0 Å². The zero-order chi connectivity index (χ0) is 26.9. The molecule has 198 valence electrons. The summed E-state index contributed by atoms with van der Waals surface area (Å²) >= 11 is 0. The molecule has 2 aromatic rings. The van der Waals surface area contributed by atoms with Crippen LogP contribution in [0.4, 0.5) is 14.5 Å². The van der Waals surface area contributed by atoms with Gasteiger partial charge in [0, 0.05) is 32.1 Å². The van der Waals surface area contributed by atoms with Gasteiger partial charge in [-0.05, 0) is 43.9 Å². The second-order valence-corrected chi connectivity index (χ2v) is 10.7. The van der Waals surface area contributed by atoms with Crippen molar-refractivity contribution in [3.05, 3.63) is 65.2 Å². The molecule has 0 bridgehead atoms. The molecule has 2 amide bonds. The van der Waals surface area contributed by atoms with Crippen LogP contribution in [-0.2, 0) is 26.2 Å². The Morgan fingerprint density at radius 3 is 2.36 bits per heavy atom. The molecule has 0 saturated heterocycles. The third-order valence-electron chi connectivity index (χ3n) is 5.71. The van der Waals surface area contributed by atoms with Crippen LogP contribution in [0.2, 0.25) is 0 Å². The van der Waals surface area contributed by atoms with E-state index >= 15 is 0 Å². The van der Waals surface area contributed by atoms with Crippen molar-refractivity contribution in [2.45, 2.75) is 59.0 Å². The minimum absolute atomic E-state index is 0.0224. The fourth-order valence-corrected chi connectivity index (χ4v) is 4.89. The van der Waals surface area contributed by atoms with Crippen LogP contribution in [0.1, 0.15) is 50.7 Å². The van der Waals surface area contributed by atoms with Crippen molar-refractivity contribution in [2.75, 3.05) is 23.7 Å². The van der Waals surface area contributed by atoms with Crippen LogP contribution < -0.4 is 9.62 Å². The first-order valence-electron chi connectivity index (χ1n) is 12.0. The van der Waals surface area contributed by atoms with E-state index < -0.39 is 27.7 Å². The number of benzene rings is 2. The lowest BCUT2D eigenvalue weighted by molar-refractivity contribution is -0.141. The van der Waals surface area contributed by atoms with Crippen molar-refractivity contribution < 1.29 is 26.8 Å². The van der Waals surface area contributed by atoms with E-state index in [9.17, 15) is 26.8 Å². The number of anilines is 1. The van der Waals surface area contributed by atoms with Crippen LogP contribution in [0.15, 0.2) is 42.5 Å². The molecule has 10 heteroatoms. The van der Waals surface area contributed by atoms with E-state index in [2.05, 4.69) is 5.32 Å². The van der Waals surface area contributed by atoms with Crippen LogP contribution in [0.25, 0.3) is 0 Å². The summed E-state index contributed by atoms with van der Waals surface area (Å²) in [5.74, 6) is -2.78. The van der Waals surface area contributed by atoms with Crippen molar-refractivity contribution in [3.63, 3.8) is 0 Å². The molecule has 1 N–H and O–H groups in total. The molecule has 36 heavy (non-hydrogen) atoms. The molecule has 2 rings (SSSR count). The standard InChI is InChI=1S/C26H35F2N3O4S/c1-5-14-29-26(33)24(6-2)30(18-20-10-7-9-19(3)16-20)25(32)11-8-15-31(36(4,34)35)21-12-13-22(27)23(28)17-21/h7,9-10,12-13,16-17,24H,5-6,8,11,14-15,18H2,1-4H3,(H,29,33). The SMILES string of the molecule is CCCNC(=O)C(CC)N(Cc1cccc(C)c1)C(=O)CCCN(c1ccc(F)c(F)c1)S(C)(=O)=O. The highest BCUT2D eigenvalue weighted by Gasteiger charge is 2.28. The monoisotopic (exact) mass is 523 g/mol. The lowest BCUT2D eigenvalue weighted by atomic mass is 10.1. The summed E-state index contributed by atoms with van der Waals surface area (Å²) in [5.41, 5.74) is 1.88. The lowest BCUT2D eigenvalue weighted by Gasteiger charge is -2.31. The number of carbonyl (C=O) groups is 2. The minimum Gasteiger partial charge on any atom is -0.354 e. The number of sulfonamides is 1. The van der Waals surface area contributed by atoms with Crippen LogP contribution in [0.5, 0.6) is 0 Å². The Labute approximate surface area is 212 Å². The van der Waals surface area contributed by atoms with Crippen molar-refractivity contribution in [2.24, 2.45) is 0 Å². The third-order valence-corrected chi connectivity index (χ3v) is 6.91. The molecule has 1 unspecified atom stereocenters. The normalized spacial score (nSPS) is 12.2. The molecule has 0 aliphatic rings. The summed E-state index contributed by atoms with van der Waals surface area (Å²) in [7, 11) is -3.81.